The molecule has 4 rings (SSSR count). The zero-order valence-corrected chi connectivity index (χ0v) is 20.3. The van der Waals surface area contributed by atoms with Crippen molar-refractivity contribution in [2.75, 3.05) is 38.3 Å². The number of fused-ring (bicyclic) bond motifs is 1. The molecule has 36 heavy (non-hydrogen) atoms. The van der Waals surface area contributed by atoms with E-state index in [9.17, 15) is 19.5 Å². The van der Waals surface area contributed by atoms with Crippen molar-refractivity contribution < 1.29 is 28.7 Å². The smallest absolute Gasteiger partial charge is 0.341 e. The van der Waals surface area contributed by atoms with Crippen LogP contribution >= 0.6 is 0 Å². The van der Waals surface area contributed by atoms with Gasteiger partial charge in [0.1, 0.15) is 18.3 Å². The first-order valence-corrected chi connectivity index (χ1v) is 11.7. The SMILES string of the molecule is CCOC(=O)/C=C(\C)NCC1CN(c2nc3c(cc2F)c(=O)c(C(=O)O)cn3C2CC2)CC1=NOC. The van der Waals surface area contributed by atoms with Gasteiger partial charge < -0.3 is 29.5 Å². The molecule has 1 aliphatic heterocycles. The number of nitrogens with zero attached hydrogens (tertiary/aromatic N) is 4. The molecule has 0 aromatic carbocycles. The fourth-order valence-electron chi connectivity index (χ4n) is 4.26. The van der Waals surface area contributed by atoms with E-state index >= 15 is 4.39 Å². The van der Waals surface area contributed by atoms with Crippen molar-refractivity contribution in [3.05, 3.63) is 45.6 Å². The van der Waals surface area contributed by atoms with E-state index in [4.69, 9.17) is 9.57 Å². The van der Waals surface area contributed by atoms with Gasteiger partial charge in [0.15, 0.2) is 11.6 Å². The number of aromatic carboxylic acids is 1. The van der Waals surface area contributed by atoms with E-state index in [1.165, 1.54) is 19.4 Å². The van der Waals surface area contributed by atoms with Crippen LogP contribution in [0.15, 0.2) is 34.0 Å². The van der Waals surface area contributed by atoms with Crippen LogP contribution in [0, 0.1) is 11.7 Å². The summed E-state index contributed by atoms with van der Waals surface area (Å²) >= 11 is 0. The van der Waals surface area contributed by atoms with Crippen LogP contribution in [0.5, 0.6) is 0 Å². The average Bonchev–Trinajstić information content (AvgIpc) is 3.59. The molecule has 1 aliphatic carbocycles. The van der Waals surface area contributed by atoms with E-state index < -0.39 is 28.7 Å². The van der Waals surface area contributed by atoms with Crippen molar-refractivity contribution in [2.24, 2.45) is 11.1 Å². The average molecular weight is 502 g/mol. The molecule has 1 saturated carbocycles. The Bertz CT molecular complexity index is 1320. The number of aromatic nitrogens is 2. The van der Waals surface area contributed by atoms with Crippen molar-refractivity contribution in [1.29, 1.82) is 0 Å². The van der Waals surface area contributed by atoms with Crippen LogP contribution in [0.4, 0.5) is 10.2 Å². The van der Waals surface area contributed by atoms with Gasteiger partial charge >= 0.3 is 11.9 Å². The summed E-state index contributed by atoms with van der Waals surface area (Å²) in [5.41, 5.74) is 0.360. The summed E-state index contributed by atoms with van der Waals surface area (Å²) in [6.45, 7) is 4.76. The number of carbonyl (C=O) groups excluding carboxylic acids is 1. The molecule has 12 heteroatoms. The summed E-state index contributed by atoms with van der Waals surface area (Å²) < 4.78 is 21.8. The number of carboxylic acids is 1. The predicted octanol–water partition coefficient (Wildman–Crippen LogP) is 2.06. The fraction of sp³-hybridized carbons (Fsp3) is 0.458. The Morgan fingerprint density at radius 3 is 2.78 bits per heavy atom. The van der Waals surface area contributed by atoms with E-state index in [0.29, 0.717) is 24.5 Å². The molecule has 0 bridgehead atoms. The molecule has 3 heterocycles. The number of carbonyl (C=O) groups is 2. The quantitative estimate of drug-likeness (QED) is 0.301. The van der Waals surface area contributed by atoms with Crippen molar-refractivity contribution in [2.45, 2.75) is 32.7 Å². The first-order chi connectivity index (χ1) is 17.2. The molecule has 2 fully saturated rings. The first-order valence-electron chi connectivity index (χ1n) is 11.7. The number of oxime groups is 1. The number of esters is 1. The minimum atomic E-state index is -1.36. The van der Waals surface area contributed by atoms with Crippen molar-refractivity contribution in [3.63, 3.8) is 0 Å². The molecule has 2 N–H and O–H groups in total. The summed E-state index contributed by atoms with van der Waals surface area (Å²) in [4.78, 5) is 47.1. The topological polar surface area (TPSA) is 135 Å². The molecule has 2 aromatic rings. The van der Waals surface area contributed by atoms with Crippen LogP contribution < -0.4 is 15.6 Å². The standard InChI is InChI=1S/C24H28FN5O6/c1-4-36-20(31)7-13(2)26-9-14-10-29(12-19(14)28-35-3)23-18(25)8-16-21(32)17(24(33)34)11-30(15-5-6-15)22(16)27-23/h7-8,11,14-15,26H,4-6,9-10,12H2,1-3H3,(H,33,34)/b13-7+,28-19?. The predicted molar refractivity (Wildman–Crippen MR) is 130 cm³/mol. The second-order valence-electron chi connectivity index (χ2n) is 8.78. The van der Waals surface area contributed by atoms with Gasteiger partial charge in [-0.1, -0.05) is 5.16 Å². The Balaban J connectivity index is 1.64. The van der Waals surface area contributed by atoms with Gasteiger partial charge in [0.05, 0.1) is 24.2 Å². The second-order valence-corrected chi connectivity index (χ2v) is 8.78. The molecule has 11 nitrogen and oxygen atoms in total. The van der Waals surface area contributed by atoms with E-state index in [1.807, 2.05) is 0 Å². The van der Waals surface area contributed by atoms with E-state index in [-0.39, 0.29) is 42.0 Å². The molecular formula is C24H28FN5O6. The van der Waals surface area contributed by atoms with Crippen molar-refractivity contribution in [3.8, 4) is 0 Å². The number of pyridine rings is 2. The van der Waals surface area contributed by atoms with Gasteiger partial charge in [0.2, 0.25) is 5.43 Å². The van der Waals surface area contributed by atoms with Gasteiger partial charge in [-0.2, -0.15) is 0 Å². The molecule has 0 spiro atoms. The van der Waals surface area contributed by atoms with Gasteiger partial charge in [0.25, 0.3) is 0 Å². The lowest BCUT2D eigenvalue weighted by Gasteiger charge is -2.20. The minimum Gasteiger partial charge on any atom is -0.477 e. The number of carboxylic acid groups (broad SMARTS) is 1. The minimum absolute atomic E-state index is 0.0207. The lowest BCUT2D eigenvalue weighted by molar-refractivity contribution is -0.137. The Labute approximate surface area is 206 Å². The molecule has 2 aliphatic rings. The molecule has 1 saturated heterocycles. The third-order valence-corrected chi connectivity index (χ3v) is 6.13. The zero-order chi connectivity index (χ0) is 26.0. The fourth-order valence-corrected chi connectivity index (χ4v) is 4.26. The summed E-state index contributed by atoms with van der Waals surface area (Å²) in [5, 5.41) is 16.6. The lowest BCUT2D eigenvalue weighted by atomic mass is 10.1. The summed E-state index contributed by atoms with van der Waals surface area (Å²) in [7, 11) is 1.43. The number of nitrogens with one attached hydrogen (secondary N) is 1. The van der Waals surface area contributed by atoms with Gasteiger partial charge in [-0.25, -0.2) is 19.0 Å². The molecular weight excluding hydrogens is 473 g/mol. The largest absolute Gasteiger partial charge is 0.477 e. The monoisotopic (exact) mass is 501 g/mol. The van der Waals surface area contributed by atoms with Crippen molar-refractivity contribution in [1.82, 2.24) is 14.9 Å². The number of allylic oxidation sites excluding steroid dienone is 1. The van der Waals surface area contributed by atoms with Gasteiger partial charge in [-0.15, -0.1) is 0 Å². The molecule has 1 unspecified atom stereocenters. The third-order valence-electron chi connectivity index (χ3n) is 6.13. The molecule has 0 amide bonds. The maximum Gasteiger partial charge on any atom is 0.341 e. The van der Waals surface area contributed by atoms with Crippen LogP contribution in [0.1, 0.15) is 43.1 Å². The lowest BCUT2D eigenvalue weighted by Crippen LogP contribution is -2.28. The summed E-state index contributed by atoms with van der Waals surface area (Å²) in [5.74, 6) is -2.66. The summed E-state index contributed by atoms with van der Waals surface area (Å²) in [6, 6.07) is 1.09. The molecule has 0 radical (unpaired) electrons. The molecule has 2 aromatic heterocycles. The number of hydrogen-bond donors (Lipinski definition) is 2. The van der Waals surface area contributed by atoms with Crippen molar-refractivity contribution >= 4 is 34.5 Å². The van der Waals surface area contributed by atoms with Gasteiger partial charge in [-0.05, 0) is 32.8 Å². The Morgan fingerprint density at radius 2 is 2.14 bits per heavy atom. The highest BCUT2D eigenvalue weighted by atomic mass is 19.1. The molecule has 1 atom stereocenters. The van der Waals surface area contributed by atoms with Gasteiger partial charge in [-0.3, -0.25) is 4.79 Å². The maximum atomic E-state index is 15.3. The number of hydrogen-bond acceptors (Lipinski definition) is 9. The number of ether oxygens (including phenoxy) is 1. The maximum absolute atomic E-state index is 15.3. The van der Waals surface area contributed by atoms with E-state index in [2.05, 4.69) is 15.5 Å². The number of halogens is 1. The van der Waals surface area contributed by atoms with Crippen LogP contribution in [-0.4, -0.2) is 65.7 Å². The number of rotatable bonds is 9. The number of anilines is 1. The zero-order valence-electron chi connectivity index (χ0n) is 20.3. The van der Waals surface area contributed by atoms with Crippen LogP contribution in [0.25, 0.3) is 11.0 Å². The third kappa shape index (κ3) is 5.16. The van der Waals surface area contributed by atoms with Crippen LogP contribution in [-0.2, 0) is 14.4 Å². The Morgan fingerprint density at radius 1 is 1.39 bits per heavy atom. The molecule has 192 valence electrons. The van der Waals surface area contributed by atoms with Crippen LogP contribution in [0.2, 0.25) is 0 Å². The highest BCUT2D eigenvalue weighted by molar-refractivity contribution is 5.95. The normalized spacial score (nSPS) is 19.1. The first kappa shape index (κ1) is 25.1. The van der Waals surface area contributed by atoms with Gasteiger partial charge in [0, 0.05) is 43.0 Å². The highest BCUT2D eigenvalue weighted by Crippen LogP contribution is 2.37. The van der Waals surface area contributed by atoms with E-state index in [0.717, 1.165) is 18.9 Å². The summed E-state index contributed by atoms with van der Waals surface area (Å²) in [6.07, 6.45) is 4.31. The van der Waals surface area contributed by atoms with E-state index in [1.54, 1.807) is 23.3 Å². The van der Waals surface area contributed by atoms with Crippen LogP contribution in [0.3, 0.4) is 0 Å². The highest BCUT2D eigenvalue weighted by Gasteiger charge is 2.34. The Hall–Kier alpha value is -3.96. The second kappa shape index (κ2) is 10.3. The Kier molecular flexibility index (Phi) is 7.22.